The molecule has 5 heterocycles. The monoisotopic (exact) mass is 882 g/mol. The number of nitrogens with zero attached hydrogens (tertiary/aromatic N) is 4. The molecule has 16 nitrogen and oxygen atoms in total. The Morgan fingerprint density at radius 3 is 2.45 bits per heavy atom. The van der Waals surface area contributed by atoms with Gasteiger partial charge in [-0.2, -0.15) is 0 Å². The first-order valence-electron chi connectivity index (χ1n) is 22.2. The Balaban J connectivity index is 0.974. The molecule has 2 fully saturated rings. The van der Waals surface area contributed by atoms with Gasteiger partial charge in [-0.05, 0) is 77.1 Å². The topological polar surface area (TPSA) is 193 Å². The maximum absolute atomic E-state index is 14.4. The van der Waals surface area contributed by atoms with Crippen molar-refractivity contribution in [3.8, 4) is 28.1 Å². The van der Waals surface area contributed by atoms with Crippen LogP contribution in [0.15, 0.2) is 79.0 Å². The molecule has 2 saturated heterocycles. The van der Waals surface area contributed by atoms with Crippen LogP contribution >= 0.6 is 0 Å². The molecule has 16 heteroatoms. The van der Waals surface area contributed by atoms with E-state index in [2.05, 4.69) is 57.0 Å². The Bertz CT molecular complexity index is 2750. The molecule has 0 saturated carbocycles. The predicted molar refractivity (Wildman–Crippen MR) is 243 cm³/mol. The number of imidazole rings is 2. The number of H-pyrrole nitrogens is 2. The summed E-state index contributed by atoms with van der Waals surface area (Å²) in [6.45, 7) is 5.80. The summed E-state index contributed by atoms with van der Waals surface area (Å²) < 4.78 is 21.7. The quantitative estimate of drug-likeness (QED) is 0.0945. The third-order valence-electron chi connectivity index (χ3n) is 13.3. The van der Waals surface area contributed by atoms with Crippen molar-refractivity contribution in [1.82, 2.24) is 40.4 Å². The smallest absolute Gasteiger partial charge is 0.407 e. The number of aromatic nitrogens is 4. The Kier molecular flexibility index (Phi) is 12.2. The molecular formula is C49H54N8O8. The fraction of sp³-hybridized carbons (Fsp3) is 0.388. The zero-order valence-electron chi connectivity index (χ0n) is 37.2. The van der Waals surface area contributed by atoms with Crippen molar-refractivity contribution in [3.63, 3.8) is 0 Å². The molecule has 0 aliphatic carbocycles. The number of carbonyl (C=O) groups is 4. The Hall–Kier alpha value is -6.94. The average molecular weight is 883 g/mol. The lowest BCUT2D eigenvalue weighted by molar-refractivity contribution is -0.136. The summed E-state index contributed by atoms with van der Waals surface area (Å²) in [5.41, 5.74) is 7.12. The minimum Gasteiger partial charge on any atom is -0.488 e. The van der Waals surface area contributed by atoms with Gasteiger partial charge in [0.2, 0.25) is 5.91 Å². The fourth-order valence-electron chi connectivity index (χ4n) is 9.71. The molecule has 4 aromatic carbocycles. The number of ether oxygens (including phenoxy) is 4. The second-order valence-electron chi connectivity index (χ2n) is 17.2. The van der Waals surface area contributed by atoms with E-state index in [0.29, 0.717) is 49.9 Å². The number of nitrogens with one attached hydrogen (secondary N) is 4. The van der Waals surface area contributed by atoms with Crippen LogP contribution in [-0.2, 0) is 30.4 Å². The van der Waals surface area contributed by atoms with Gasteiger partial charge < -0.3 is 49.3 Å². The van der Waals surface area contributed by atoms with Crippen molar-refractivity contribution in [2.24, 2.45) is 11.8 Å². The summed E-state index contributed by atoms with van der Waals surface area (Å²) in [6, 6.07) is 21.4. The van der Waals surface area contributed by atoms with Gasteiger partial charge in [-0.25, -0.2) is 19.6 Å². The third-order valence-corrected chi connectivity index (χ3v) is 13.3. The highest BCUT2D eigenvalue weighted by Gasteiger charge is 2.42. The van der Waals surface area contributed by atoms with Gasteiger partial charge in [-0.3, -0.25) is 9.59 Å². The first kappa shape index (κ1) is 43.3. The summed E-state index contributed by atoms with van der Waals surface area (Å²) in [5, 5.41) is 7.45. The average Bonchev–Trinajstić information content (AvgIpc) is 4.18. The summed E-state index contributed by atoms with van der Waals surface area (Å²) >= 11 is 0. The lowest BCUT2D eigenvalue weighted by Gasteiger charge is -2.30. The van der Waals surface area contributed by atoms with E-state index in [1.54, 1.807) is 12.0 Å². The molecule has 338 valence electrons. The molecule has 4 amide bonds. The van der Waals surface area contributed by atoms with Gasteiger partial charge in [0.15, 0.2) is 0 Å². The Morgan fingerprint density at radius 1 is 0.877 bits per heavy atom. The highest BCUT2D eigenvalue weighted by atomic mass is 16.5. The molecule has 3 aliphatic rings. The highest BCUT2D eigenvalue weighted by Crippen LogP contribution is 2.44. The van der Waals surface area contributed by atoms with Gasteiger partial charge in [0.25, 0.3) is 5.91 Å². The third kappa shape index (κ3) is 8.34. The van der Waals surface area contributed by atoms with Crippen molar-refractivity contribution in [2.45, 2.75) is 70.3 Å². The second-order valence-corrected chi connectivity index (χ2v) is 17.2. The molecule has 0 spiro atoms. The number of aromatic amines is 2. The number of fused-ring (bicyclic) bond motifs is 6. The van der Waals surface area contributed by atoms with E-state index >= 15 is 0 Å². The fourth-order valence-corrected chi connectivity index (χ4v) is 9.71. The first-order chi connectivity index (χ1) is 31.6. The molecular weight excluding hydrogens is 829 g/mol. The number of rotatable bonds is 12. The standard InChI is InChI=1S/C49H54N8O8/c1-6-27(2)41(54-48(60)63-4)46(58)56-18-10-13-38(56)44-50-23-37(52-44)31-14-16-33-32(20-31)26-65-40-22-34-30(21-35(33)40)15-17-36-43(34)53-45(51-36)39-19-28(25-62-3)24-57(39)47(59)42(55-49(61)64-5)29-11-8-7-9-12-29/h7-9,11-12,14-17,20-23,27-28,38-39,41-42H,6,10,13,18-19,24-26H2,1-5H3,(H,50,52)(H,51,53)(H,54,60)(H,55,61)/t27-,28-,38-,39-,41-,42+/m0/s1. The summed E-state index contributed by atoms with van der Waals surface area (Å²) in [4.78, 5) is 73.4. The van der Waals surface area contributed by atoms with Gasteiger partial charge in [-0.1, -0.05) is 68.8 Å². The molecule has 6 atom stereocenters. The molecule has 0 radical (unpaired) electrons. The predicted octanol–water partition coefficient (Wildman–Crippen LogP) is 7.73. The van der Waals surface area contributed by atoms with Crippen LogP contribution < -0.4 is 15.4 Å². The van der Waals surface area contributed by atoms with Crippen LogP contribution in [0, 0.1) is 11.8 Å². The van der Waals surface area contributed by atoms with E-state index in [-0.39, 0.29) is 29.7 Å². The minimum absolute atomic E-state index is 0.0590. The first-order valence-corrected chi connectivity index (χ1v) is 22.2. The number of benzene rings is 4. The van der Waals surface area contributed by atoms with Gasteiger partial charge >= 0.3 is 12.2 Å². The highest BCUT2D eigenvalue weighted by molar-refractivity contribution is 6.07. The zero-order chi connectivity index (χ0) is 45.4. The molecule has 0 bridgehead atoms. The summed E-state index contributed by atoms with van der Waals surface area (Å²) in [7, 11) is 4.23. The number of carbonyl (C=O) groups excluding carboxylic acids is 4. The van der Waals surface area contributed by atoms with Crippen molar-refractivity contribution in [3.05, 3.63) is 102 Å². The van der Waals surface area contributed by atoms with E-state index in [1.165, 1.54) is 14.2 Å². The number of alkyl carbamates (subject to hydrolysis) is 2. The SMILES string of the molecule is CC[C@H](C)[C@H](NC(=O)OC)C(=O)N1CCC[C@H]1c1ncc(-c2ccc3c(c2)COc2cc4c(ccc5nc([C@@H]6C[C@H](COC)CN6C(=O)[C@H](NC(=O)OC)c6ccccc6)[nH]c54)cc2-3)[nH]1. The van der Waals surface area contributed by atoms with Gasteiger partial charge in [0.1, 0.15) is 36.1 Å². The largest absolute Gasteiger partial charge is 0.488 e. The Labute approximate surface area is 376 Å². The van der Waals surface area contributed by atoms with E-state index < -0.39 is 30.3 Å². The maximum atomic E-state index is 14.4. The maximum Gasteiger partial charge on any atom is 0.407 e. The number of hydrogen-bond donors (Lipinski definition) is 4. The normalized spacial score (nSPS) is 19.2. The van der Waals surface area contributed by atoms with Crippen LogP contribution in [0.25, 0.3) is 44.2 Å². The van der Waals surface area contributed by atoms with E-state index in [0.717, 1.165) is 74.8 Å². The van der Waals surface area contributed by atoms with Crippen molar-refractivity contribution < 1.29 is 38.1 Å². The van der Waals surface area contributed by atoms with Crippen LogP contribution in [0.1, 0.15) is 80.4 Å². The van der Waals surface area contributed by atoms with Crippen LogP contribution in [-0.4, -0.2) is 101 Å². The molecule has 4 N–H and O–H groups in total. The molecule has 2 aromatic heterocycles. The van der Waals surface area contributed by atoms with Crippen LogP contribution in [0.3, 0.4) is 0 Å². The van der Waals surface area contributed by atoms with E-state index in [1.807, 2.05) is 61.3 Å². The number of likely N-dealkylation sites (tertiary alicyclic amines) is 2. The van der Waals surface area contributed by atoms with Crippen LogP contribution in [0.2, 0.25) is 0 Å². The molecule has 3 aliphatic heterocycles. The number of hydrogen-bond acceptors (Lipinski definition) is 10. The van der Waals surface area contributed by atoms with Gasteiger partial charge in [0, 0.05) is 37.1 Å². The lowest BCUT2D eigenvalue weighted by Crippen LogP contribution is -2.51. The Morgan fingerprint density at radius 2 is 1.68 bits per heavy atom. The van der Waals surface area contributed by atoms with E-state index in [9.17, 15) is 19.2 Å². The number of methoxy groups -OCH3 is 3. The van der Waals surface area contributed by atoms with Crippen molar-refractivity contribution in [2.75, 3.05) is 41.0 Å². The van der Waals surface area contributed by atoms with Crippen LogP contribution in [0.5, 0.6) is 5.75 Å². The van der Waals surface area contributed by atoms with Crippen molar-refractivity contribution >= 4 is 45.8 Å². The summed E-state index contributed by atoms with van der Waals surface area (Å²) in [5.74, 6) is 1.70. The lowest BCUT2D eigenvalue weighted by atomic mass is 9.92. The second kappa shape index (κ2) is 18.3. The van der Waals surface area contributed by atoms with Gasteiger partial charge in [0.05, 0.1) is 55.8 Å². The molecule has 0 unspecified atom stereocenters. The summed E-state index contributed by atoms with van der Waals surface area (Å²) in [6.07, 6.45) is 3.43. The molecule has 6 aromatic rings. The minimum atomic E-state index is -0.955. The molecule has 65 heavy (non-hydrogen) atoms. The van der Waals surface area contributed by atoms with Gasteiger partial charge in [-0.15, -0.1) is 0 Å². The zero-order valence-corrected chi connectivity index (χ0v) is 37.2. The number of amides is 4. The van der Waals surface area contributed by atoms with Crippen molar-refractivity contribution in [1.29, 1.82) is 0 Å². The van der Waals surface area contributed by atoms with E-state index in [4.69, 9.17) is 28.9 Å². The molecule has 9 rings (SSSR count). The van der Waals surface area contributed by atoms with Crippen LogP contribution in [0.4, 0.5) is 9.59 Å².